The zero-order chi connectivity index (χ0) is 16.4. The smallest absolute Gasteiger partial charge is 0.318 e. The molecule has 1 N–H and O–H groups in total. The second-order valence-electron chi connectivity index (χ2n) is 5.89. The van der Waals surface area contributed by atoms with E-state index >= 15 is 0 Å². The maximum Gasteiger partial charge on any atom is 0.318 e. The molecule has 1 aliphatic rings. The molecule has 0 unspecified atom stereocenters. The first-order chi connectivity index (χ1) is 11.2. The zero-order valence-corrected chi connectivity index (χ0v) is 13.8. The van der Waals surface area contributed by atoms with Crippen molar-refractivity contribution in [2.75, 3.05) is 7.11 Å². The Kier molecular flexibility index (Phi) is 4.28. The summed E-state index contributed by atoms with van der Waals surface area (Å²) in [4.78, 5) is 14.4. The van der Waals surface area contributed by atoms with Gasteiger partial charge in [-0.15, -0.1) is 0 Å². The maximum atomic E-state index is 12.5. The summed E-state index contributed by atoms with van der Waals surface area (Å²) in [5.41, 5.74) is 2.16. The number of methoxy groups -OCH3 is 1. The molecule has 0 saturated carbocycles. The van der Waals surface area contributed by atoms with Crippen molar-refractivity contribution >= 4 is 6.03 Å². The highest BCUT2D eigenvalue weighted by atomic mass is 16.5. The van der Waals surface area contributed by atoms with Crippen molar-refractivity contribution in [3.05, 3.63) is 53.9 Å². The molecular weight excluding hydrogens is 290 g/mol. The molecule has 1 aromatic carbocycles. The third kappa shape index (κ3) is 2.79. The molecular formula is C18H23N3O2. The number of para-hydroxylation sites is 1. The lowest BCUT2D eigenvalue weighted by atomic mass is 10.0. The summed E-state index contributed by atoms with van der Waals surface area (Å²) in [6.07, 6.45) is 2.91. The highest BCUT2D eigenvalue weighted by Gasteiger charge is 2.40. The predicted octanol–water partition coefficient (Wildman–Crippen LogP) is 3.08. The first-order valence-electron chi connectivity index (χ1n) is 7.96. The highest BCUT2D eigenvalue weighted by Crippen LogP contribution is 2.34. The van der Waals surface area contributed by atoms with Gasteiger partial charge in [0.25, 0.3) is 0 Å². The van der Waals surface area contributed by atoms with Gasteiger partial charge < -0.3 is 19.5 Å². The molecule has 3 rings (SSSR count). The fourth-order valence-electron chi connectivity index (χ4n) is 3.32. The Bertz CT molecular complexity index is 695. The average molecular weight is 313 g/mol. The molecule has 2 atom stereocenters. The predicted molar refractivity (Wildman–Crippen MR) is 89.3 cm³/mol. The average Bonchev–Trinajstić information content (AvgIpc) is 3.11. The molecule has 2 aromatic rings. The Morgan fingerprint density at radius 2 is 2.00 bits per heavy atom. The number of urea groups is 1. The first kappa shape index (κ1) is 15.5. The third-order valence-corrected chi connectivity index (χ3v) is 4.55. The van der Waals surface area contributed by atoms with Gasteiger partial charge in [0.05, 0.1) is 25.7 Å². The normalized spacial score (nSPS) is 20.7. The number of carbonyl (C=O) groups excluding carboxylic acids is 1. The van der Waals surface area contributed by atoms with Gasteiger partial charge in [-0.1, -0.05) is 25.1 Å². The number of aryl methyl sites for hydroxylation is 1. The molecule has 23 heavy (non-hydrogen) atoms. The van der Waals surface area contributed by atoms with Crippen LogP contribution in [0.15, 0.2) is 42.6 Å². The first-order valence-corrected chi connectivity index (χ1v) is 7.96. The molecule has 2 heterocycles. The number of carbonyl (C=O) groups is 1. The van der Waals surface area contributed by atoms with Crippen LogP contribution in [0.2, 0.25) is 0 Å². The van der Waals surface area contributed by atoms with Gasteiger partial charge in [-0.2, -0.15) is 0 Å². The molecule has 1 fully saturated rings. The maximum absolute atomic E-state index is 12.5. The fourth-order valence-corrected chi connectivity index (χ4v) is 3.32. The van der Waals surface area contributed by atoms with E-state index in [9.17, 15) is 4.79 Å². The molecule has 0 radical (unpaired) electrons. The SMILES string of the molecule is CC[C@H]1NC(=O)N(Cc2ccccc2OC)[C@H]1c1cccn1C. The highest BCUT2D eigenvalue weighted by molar-refractivity contribution is 5.78. The van der Waals surface area contributed by atoms with Crippen LogP contribution in [-0.4, -0.2) is 28.6 Å². The lowest BCUT2D eigenvalue weighted by molar-refractivity contribution is 0.195. The van der Waals surface area contributed by atoms with Gasteiger partial charge >= 0.3 is 6.03 Å². The summed E-state index contributed by atoms with van der Waals surface area (Å²) in [6.45, 7) is 2.63. The van der Waals surface area contributed by atoms with Crippen LogP contribution >= 0.6 is 0 Å². The van der Waals surface area contributed by atoms with Gasteiger partial charge in [0.2, 0.25) is 0 Å². The van der Waals surface area contributed by atoms with E-state index in [0.717, 1.165) is 23.4 Å². The van der Waals surface area contributed by atoms with Gasteiger partial charge in [0.1, 0.15) is 5.75 Å². The fraction of sp³-hybridized carbons (Fsp3) is 0.389. The van der Waals surface area contributed by atoms with E-state index < -0.39 is 0 Å². The van der Waals surface area contributed by atoms with Crippen LogP contribution in [0.1, 0.15) is 30.6 Å². The lowest BCUT2D eigenvalue weighted by Crippen LogP contribution is -2.30. The van der Waals surface area contributed by atoms with Crippen molar-refractivity contribution in [1.29, 1.82) is 0 Å². The number of aromatic nitrogens is 1. The molecule has 1 aromatic heterocycles. The van der Waals surface area contributed by atoms with Crippen molar-refractivity contribution in [2.24, 2.45) is 7.05 Å². The summed E-state index contributed by atoms with van der Waals surface area (Å²) < 4.78 is 7.52. The van der Waals surface area contributed by atoms with E-state index in [1.807, 2.05) is 48.5 Å². The molecule has 5 heteroatoms. The van der Waals surface area contributed by atoms with Crippen LogP contribution in [0, 0.1) is 0 Å². The lowest BCUT2D eigenvalue weighted by Gasteiger charge is -2.27. The Balaban J connectivity index is 1.95. The molecule has 1 saturated heterocycles. The van der Waals surface area contributed by atoms with Gasteiger partial charge in [-0.05, 0) is 24.6 Å². The monoisotopic (exact) mass is 313 g/mol. The van der Waals surface area contributed by atoms with Crippen molar-refractivity contribution in [3.63, 3.8) is 0 Å². The summed E-state index contributed by atoms with van der Waals surface area (Å²) in [7, 11) is 3.68. The molecule has 0 bridgehead atoms. The van der Waals surface area contributed by atoms with Gasteiger partial charge in [0.15, 0.2) is 0 Å². The van der Waals surface area contributed by atoms with Gasteiger partial charge in [-0.25, -0.2) is 4.79 Å². The molecule has 2 amide bonds. The third-order valence-electron chi connectivity index (χ3n) is 4.55. The van der Waals surface area contributed by atoms with Crippen molar-refractivity contribution in [3.8, 4) is 5.75 Å². The molecule has 0 spiro atoms. The van der Waals surface area contributed by atoms with Crippen LogP contribution in [0.5, 0.6) is 5.75 Å². The Morgan fingerprint density at radius 3 is 2.65 bits per heavy atom. The van der Waals surface area contributed by atoms with Crippen LogP contribution in [0.3, 0.4) is 0 Å². The largest absolute Gasteiger partial charge is 0.496 e. The summed E-state index contributed by atoms with van der Waals surface area (Å²) in [5.74, 6) is 0.811. The summed E-state index contributed by atoms with van der Waals surface area (Å²) in [6, 6.07) is 12.1. The summed E-state index contributed by atoms with van der Waals surface area (Å²) >= 11 is 0. The minimum atomic E-state index is -0.0195. The van der Waals surface area contributed by atoms with E-state index in [4.69, 9.17) is 4.74 Å². The Hall–Kier alpha value is -2.43. The zero-order valence-electron chi connectivity index (χ0n) is 13.8. The number of nitrogens with zero attached hydrogens (tertiary/aromatic N) is 2. The minimum Gasteiger partial charge on any atom is -0.496 e. The second kappa shape index (κ2) is 6.36. The van der Waals surface area contributed by atoms with E-state index in [2.05, 4.69) is 22.9 Å². The molecule has 5 nitrogen and oxygen atoms in total. The van der Waals surface area contributed by atoms with Gasteiger partial charge in [-0.3, -0.25) is 0 Å². The number of nitrogens with one attached hydrogen (secondary N) is 1. The number of ether oxygens (including phenoxy) is 1. The Morgan fingerprint density at radius 1 is 1.22 bits per heavy atom. The molecule has 0 aliphatic carbocycles. The van der Waals surface area contributed by atoms with E-state index in [1.54, 1.807) is 7.11 Å². The number of hydrogen-bond acceptors (Lipinski definition) is 2. The van der Waals surface area contributed by atoms with E-state index in [0.29, 0.717) is 6.54 Å². The summed E-state index contributed by atoms with van der Waals surface area (Å²) in [5, 5.41) is 3.11. The topological polar surface area (TPSA) is 46.5 Å². The number of hydrogen-bond donors (Lipinski definition) is 1. The second-order valence-corrected chi connectivity index (χ2v) is 5.89. The van der Waals surface area contributed by atoms with E-state index in [-0.39, 0.29) is 18.1 Å². The number of benzene rings is 1. The molecule has 1 aliphatic heterocycles. The number of rotatable bonds is 5. The van der Waals surface area contributed by atoms with Crippen LogP contribution in [-0.2, 0) is 13.6 Å². The van der Waals surface area contributed by atoms with Crippen molar-refractivity contribution in [1.82, 2.24) is 14.8 Å². The van der Waals surface area contributed by atoms with E-state index in [1.165, 1.54) is 0 Å². The Labute approximate surface area is 136 Å². The van der Waals surface area contributed by atoms with Crippen molar-refractivity contribution in [2.45, 2.75) is 32.0 Å². The minimum absolute atomic E-state index is 0.0195. The van der Waals surface area contributed by atoms with Gasteiger partial charge in [0, 0.05) is 24.5 Å². The number of amides is 2. The van der Waals surface area contributed by atoms with Crippen LogP contribution in [0.4, 0.5) is 4.79 Å². The van der Waals surface area contributed by atoms with Crippen LogP contribution < -0.4 is 10.1 Å². The molecule has 122 valence electrons. The standard InChI is InChI=1S/C18H23N3O2/c1-4-14-17(15-9-7-11-20(15)2)21(18(22)19-14)12-13-8-5-6-10-16(13)23-3/h5-11,14,17H,4,12H2,1-3H3,(H,19,22)/t14-,17-/m1/s1. The quantitative estimate of drug-likeness (QED) is 0.922. The van der Waals surface area contributed by atoms with Crippen LogP contribution in [0.25, 0.3) is 0 Å². The van der Waals surface area contributed by atoms with Crippen molar-refractivity contribution < 1.29 is 9.53 Å².